The minimum atomic E-state index is -0.0789. The van der Waals surface area contributed by atoms with Crippen molar-refractivity contribution in [1.29, 1.82) is 0 Å². The smallest absolute Gasteiger partial charge is 0.221 e. The summed E-state index contributed by atoms with van der Waals surface area (Å²) in [6.07, 6.45) is 0. The first-order chi connectivity index (χ1) is 11.9. The van der Waals surface area contributed by atoms with E-state index in [0.717, 1.165) is 22.6 Å². The molecule has 25 heavy (non-hydrogen) atoms. The Morgan fingerprint density at radius 2 is 1.96 bits per heavy atom. The minimum Gasteiger partial charge on any atom is -0.352 e. The van der Waals surface area contributed by atoms with E-state index in [4.69, 9.17) is 0 Å². The van der Waals surface area contributed by atoms with Gasteiger partial charge in [0.2, 0.25) is 5.91 Å². The average molecular weight is 342 g/mol. The minimum absolute atomic E-state index is 0.0789. The molecule has 0 bridgehead atoms. The van der Waals surface area contributed by atoms with E-state index in [2.05, 4.69) is 33.0 Å². The molecule has 0 aliphatic heterocycles. The summed E-state index contributed by atoms with van der Waals surface area (Å²) in [5, 5.41) is 13.8. The summed E-state index contributed by atoms with van der Waals surface area (Å²) in [7, 11) is 3.69. The van der Waals surface area contributed by atoms with Crippen LogP contribution in [0.3, 0.4) is 0 Å². The molecule has 1 aromatic heterocycles. The number of nitrogens with one attached hydrogen (secondary N) is 3. The van der Waals surface area contributed by atoms with Crippen LogP contribution in [0.1, 0.15) is 29.4 Å². The fraction of sp³-hybridized carbons (Fsp3) is 0.389. The zero-order valence-electron chi connectivity index (χ0n) is 15.5. The molecule has 134 valence electrons. The topological polar surface area (TPSA) is 83.3 Å². The van der Waals surface area contributed by atoms with Crippen LogP contribution in [0.25, 0.3) is 0 Å². The van der Waals surface area contributed by atoms with Crippen LogP contribution in [-0.2, 0) is 24.9 Å². The molecule has 0 saturated carbocycles. The third-order valence-electron chi connectivity index (χ3n) is 4.02. The molecule has 0 aliphatic rings. The molecule has 0 spiro atoms. The van der Waals surface area contributed by atoms with E-state index in [9.17, 15) is 4.79 Å². The van der Waals surface area contributed by atoms with E-state index >= 15 is 0 Å². The maximum Gasteiger partial charge on any atom is 0.221 e. The highest BCUT2D eigenvalue weighted by Crippen LogP contribution is 2.12. The van der Waals surface area contributed by atoms with Gasteiger partial charge in [0, 0.05) is 51.1 Å². The van der Waals surface area contributed by atoms with Crippen molar-refractivity contribution in [2.45, 2.75) is 33.9 Å². The Morgan fingerprint density at radius 3 is 2.56 bits per heavy atom. The third kappa shape index (κ3) is 5.07. The number of aromatic nitrogens is 2. The molecule has 1 aromatic carbocycles. The van der Waals surface area contributed by atoms with Crippen molar-refractivity contribution in [3.8, 4) is 0 Å². The second-order valence-corrected chi connectivity index (χ2v) is 5.93. The lowest BCUT2D eigenvalue weighted by Gasteiger charge is -2.13. The second-order valence-electron chi connectivity index (χ2n) is 5.93. The number of benzene rings is 1. The van der Waals surface area contributed by atoms with Gasteiger partial charge in [0.1, 0.15) is 0 Å². The number of carbonyl (C=O) groups is 1. The largest absolute Gasteiger partial charge is 0.352 e. The van der Waals surface area contributed by atoms with Gasteiger partial charge in [0.05, 0.1) is 5.69 Å². The second kappa shape index (κ2) is 8.32. The lowest BCUT2D eigenvalue weighted by atomic mass is 10.2. The van der Waals surface area contributed by atoms with Gasteiger partial charge in [-0.2, -0.15) is 5.10 Å². The van der Waals surface area contributed by atoms with E-state index < -0.39 is 0 Å². The van der Waals surface area contributed by atoms with Gasteiger partial charge in [-0.05, 0) is 31.5 Å². The molecule has 0 saturated heterocycles. The van der Waals surface area contributed by atoms with E-state index in [1.54, 1.807) is 7.05 Å². The zero-order chi connectivity index (χ0) is 18.4. The monoisotopic (exact) mass is 342 g/mol. The first kappa shape index (κ1) is 18.5. The highest BCUT2D eigenvalue weighted by atomic mass is 16.1. The molecule has 2 aromatic rings. The Bertz CT molecular complexity index is 778. The molecule has 2 rings (SSSR count). The van der Waals surface area contributed by atoms with Crippen LogP contribution >= 0.6 is 0 Å². The molecule has 7 heteroatoms. The molecule has 7 nitrogen and oxygen atoms in total. The maximum absolute atomic E-state index is 11.2. The van der Waals surface area contributed by atoms with E-state index in [1.807, 2.05) is 42.9 Å². The normalized spacial score (nSPS) is 11.3. The molecule has 1 heterocycles. The summed E-state index contributed by atoms with van der Waals surface area (Å²) in [6.45, 7) is 6.84. The molecule has 1 amide bonds. The quantitative estimate of drug-likeness (QED) is 0.572. The number of anilines is 1. The Kier molecular flexibility index (Phi) is 6.16. The van der Waals surface area contributed by atoms with Crippen LogP contribution in [-0.4, -0.2) is 28.7 Å². The van der Waals surface area contributed by atoms with Gasteiger partial charge in [-0.25, -0.2) is 0 Å². The summed E-state index contributed by atoms with van der Waals surface area (Å²) < 4.78 is 1.88. The summed E-state index contributed by atoms with van der Waals surface area (Å²) in [6, 6.07) is 7.73. The zero-order valence-corrected chi connectivity index (χ0v) is 15.5. The molecule has 0 atom stereocenters. The summed E-state index contributed by atoms with van der Waals surface area (Å²) in [5.41, 5.74) is 5.19. The third-order valence-corrected chi connectivity index (χ3v) is 4.02. The first-order valence-corrected chi connectivity index (χ1v) is 8.20. The van der Waals surface area contributed by atoms with Crippen LogP contribution < -0.4 is 16.0 Å². The van der Waals surface area contributed by atoms with Gasteiger partial charge >= 0.3 is 0 Å². The van der Waals surface area contributed by atoms with Crippen LogP contribution in [0.2, 0.25) is 0 Å². The number of rotatable bonds is 5. The van der Waals surface area contributed by atoms with Crippen molar-refractivity contribution >= 4 is 17.6 Å². The Morgan fingerprint density at radius 1 is 1.24 bits per heavy atom. The lowest BCUT2D eigenvalue weighted by molar-refractivity contribution is -0.114. The molecule has 0 aliphatic carbocycles. The predicted molar refractivity (Wildman–Crippen MR) is 100 cm³/mol. The van der Waals surface area contributed by atoms with Crippen LogP contribution in [0.4, 0.5) is 5.69 Å². The van der Waals surface area contributed by atoms with Crippen molar-refractivity contribution in [2.24, 2.45) is 12.0 Å². The highest BCUT2D eigenvalue weighted by molar-refractivity contribution is 5.88. The summed E-state index contributed by atoms with van der Waals surface area (Å²) in [4.78, 5) is 15.4. The van der Waals surface area contributed by atoms with Crippen LogP contribution in [0.5, 0.6) is 0 Å². The Hall–Kier alpha value is -2.83. The van der Waals surface area contributed by atoms with Gasteiger partial charge < -0.3 is 16.0 Å². The van der Waals surface area contributed by atoms with Crippen molar-refractivity contribution in [3.63, 3.8) is 0 Å². The number of aliphatic imine (C=N–C) groups is 1. The van der Waals surface area contributed by atoms with Crippen molar-refractivity contribution < 1.29 is 4.79 Å². The molecular formula is C18H26N6O. The predicted octanol–water partition coefficient (Wildman–Crippen LogP) is 1.86. The number of amides is 1. The number of carbonyl (C=O) groups excluding carboxylic acids is 1. The summed E-state index contributed by atoms with van der Waals surface area (Å²) >= 11 is 0. The van der Waals surface area contributed by atoms with E-state index in [0.29, 0.717) is 19.0 Å². The van der Waals surface area contributed by atoms with Gasteiger partial charge in [-0.3, -0.25) is 14.5 Å². The first-order valence-electron chi connectivity index (χ1n) is 8.20. The number of nitrogens with zero attached hydrogens (tertiary/aromatic N) is 3. The number of guanidine groups is 1. The Balaban J connectivity index is 1.93. The molecule has 0 fully saturated rings. The molecule has 3 N–H and O–H groups in total. The highest BCUT2D eigenvalue weighted by Gasteiger charge is 2.09. The van der Waals surface area contributed by atoms with Gasteiger partial charge in [0.25, 0.3) is 0 Å². The van der Waals surface area contributed by atoms with E-state index in [1.165, 1.54) is 12.5 Å². The Labute approximate surface area is 148 Å². The maximum atomic E-state index is 11.2. The number of hydrogen-bond donors (Lipinski definition) is 3. The molecular weight excluding hydrogens is 316 g/mol. The fourth-order valence-electron chi connectivity index (χ4n) is 2.61. The van der Waals surface area contributed by atoms with Crippen molar-refractivity contribution in [1.82, 2.24) is 20.4 Å². The summed E-state index contributed by atoms with van der Waals surface area (Å²) in [5.74, 6) is 0.636. The molecule has 0 radical (unpaired) electrons. The molecule has 0 unspecified atom stereocenters. The SMILES string of the molecule is CN=C(NCc1cccc(NC(C)=O)c1)NCc1c(C)nn(C)c1C. The number of hydrogen-bond acceptors (Lipinski definition) is 3. The van der Waals surface area contributed by atoms with Crippen LogP contribution in [0.15, 0.2) is 29.3 Å². The van der Waals surface area contributed by atoms with Gasteiger partial charge in [-0.15, -0.1) is 0 Å². The van der Waals surface area contributed by atoms with Gasteiger partial charge in [-0.1, -0.05) is 12.1 Å². The van der Waals surface area contributed by atoms with E-state index in [-0.39, 0.29) is 5.91 Å². The van der Waals surface area contributed by atoms with Gasteiger partial charge in [0.15, 0.2) is 5.96 Å². The van der Waals surface area contributed by atoms with Crippen LogP contribution in [0, 0.1) is 13.8 Å². The van der Waals surface area contributed by atoms with Crippen molar-refractivity contribution in [3.05, 3.63) is 46.8 Å². The lowest BCUT2D eigenvalue weighted by Crippen LogP contribution is -2.36. The number of aryl methyl sites for hydroxylation is 2. The standard InChI is InChI=1S/C18H26N6O/c1-12-17(13(2)24(5)23-12)11-21-18(19-4)20-10-15-7-6-8-16(9-15)22-14(3)25/h6-9H,10-11H2,1-5H3,(H,22,25)(H2,19,20,21). The fourth-order valence-corrected chi connectivity index (χ4v) is 2.61. The van der Waals surface area contributed by atoms with Crippen molar-refractivity contribution in [2.75, 3.05) is 12.4 Å². The average Bonchev–Trinajstić information content (AvgIpc) is 2.80.